The van der Waals surface area contributed by atoms with Crippen molar-refractivity contribution in [3.63, 3.8) is 0 Å². The molecule has 36 heavy (non-hydrogen) atoms. The lowest BCUT2D eigenvalue weighted by atomic mass is 9.89. The monoisotopic (exact) mass is 498 g/mol. The van der Waals surface area contributed by atoms with E-state index in [0.29, 0.717) is 5.56 Å². The SMILES string of the molecule is CC1(c2ccc3c(c2)CCC3)NC(=O)N(CC(=O)Nc2cc(C(F)(F)F)ccc2-n2cncn2)C1=O. The number of anilines is 1. The van der Waals surface area contributed by atoms with Gasteiger partial charge in [-0.1, -0.05) is 18.2 Å². The lowest BCUT2D eigenvalue weighted by Crippen LogP contribution is -2.42. The molecule has 0 bridgehead atoms. The van der Waals surface area contributed by atoms with E-state index in [0.717, 1.165) is 47.9 Å². The third kappa shape index (κ3) is 4.08. The van der Waals surface area contributed by atoms with Crippen LogP contribution in [0.2, 0.25) is 0 Å². The van der Waals surface area contributed by atoms with E-state index in [9.17, 15) is 27.6 Å². The van der Waals surface area contributed by atoms with Crippen LogP contribution in [0.5, 0.6) is 0 Å². The topological polar surface area (TPSA) is 109 Å². The van der Waals surface area contributed by atoms with Crippen molar-refractivity contribution >= 4 is 23.5 Å². The van der Waals surface area contributed by atoms with Gasteiger partial charge in [-0.25, -0.2) is 14.5 Å². The largest absolute Gasteiger partial charge is 0.416 e. The second-order valence-corrected chi connectivity index (χ2v) is 8.90. The summed E-state index contributed by atoms with van der Waals surface area (Å²) in [5.74, 6) is -1.47. The van der Waals surface area contributed by atoms with Gasteiger partial charge < -0.3 is 10.6 Å². The highest BCUT2D eigenvalue weighted by molar-refractivity contribution is 6.10. The highest BCUT2D eigenvalue weighted by Crippen LogP contribution is 2.34. The van der Waals surface area contributed by atoms with Crippen molar-refractivity contribution in [3.05, 3.63) is 71.3 Å². The van der Waals surface area contributed by atoms with Gasteiger partial charge in [-0.05, 0) is 61.1 Å². The molecular weight excluding hydrogens is 477 g/mol. The smallest absolute Gasteiger partial charge is 0.323 e. The molecule has 186 valence electrons. The number of hydrogen-bond donors (Lipinski definition) is 2. The first-order chi connectivity index (χ1) is 17.1. The van der Waals surface area contributed by atoms with Crippen LogP contribution in [0.15, 0.2) is 49.1 Å². The molecule has 5 rings (SSSR count). The lowest BCUT2D eigenvalue weighted by molar-refractivity contribution is -0.137. The Morgan fingerprint density at radius 3 is 2.64 bits per heavy atom. The minimum absolute atomic E-state index is 0.133. The van der Waals surface area contributed by atoms with Crippen molar-refractivity contribution < 1.29 is 27.6 Å². The summed E-state index contributed by atoms with van der Waals surface area (Å²) in [5.41, 5.74) is 0.521. The van der Waals surface area contributed by atoms with E-state index in [1.165, 1.54) is 22.9 Å². The maximum atomic E-state index is 13.3. The van der Waals surface area contributed by atoms with E-state index in [4.69, 9.17) is 0 Å². The summed E-state index contributed by atoms with van der Waals surface area (Å²) >= 11 is 0. The molecule has 0 radical (unpaired) electrons. The molecule has 3 aromatic rings. The maximum Gasteiger partial charge on any atom is 0.416 e. The van der Waals surface area contributed by atoms with Gasteiger partial charge in [-0.2, -0.15) is 18.3 Å². The molecule has 0 spiro atoms. The lowest BCUT2D eigenvalue weighted by Gasteiger charge is -2.23. The van der Waals surface area contributed by atoms with Crippen LogP contribution in [0.3, 0.4) is 0 Å². The summed E-state index contributed by atoms with van der Waals surface area (Å²) in [7, 11) is 0. The number of fused-ring (bicyclic) bond motifs is 1. The second kappa shape index (κ2) is 8.47. The minimum Gasteiger partial charge on any atom is -0.323 e. The number of alkyl halides is 3. The first-order valence-electron chi connectivity index (χ1n) is 11.2. The fourth-order valence-electron chi connectivity index (χ4n) is 4.60. The zero-order chi connectivity index (χ0) is 25.7. The quantitative estimate of drug-likeness (QED) is 0.526. The first kappa shape index (κ1) is 23.5. The van der Waals surface area contributed by atoms with Gasteiger partial charge in [-0.3, -0.25) is 14.5 Å². The predicted octanol–water partition coefficient (Wildman–Crippen LogP) is 3.18. The summed E-state index contributed by atoms with van der Waals surface area (Å²) in [4.78, 5) is 43.3. The van der Waals surface area contributed by atoms with Gasteiger partial charge >= 0.3 is 12.2 Å². The standard InChI is InChI=1S/C24H21F3N6O3/c1-23(16-6-5-14-3-2-4-15(14)9-16)21(35)32(22(36)31-23)11-20(34)30-18-10-17(24(25,26)27)7-8-19(18)33-13-28-12-29-33/h5-10,12-13H,2-4,11H2,1H3,(H,30,34)(H,31,36). The van der Waals surface area contributed by atoms with Gasteiger partial charge in [0.25, 0.3) is 5.91 Å². The number of nitrogens with zero attached hydrogens (tertiary/aromatic N) is 4. The third-order valence-corrected chi connectivity index (χ3v) is 6.52. The van der Waals surface area contributed by atoms with Gasteiger partial charge in [0.2, 0.25) is 5.91 Å². The van der Waals surface area contributed by atoms with Crippen molar-refractivity contribution in [3.8, 4) is 5.69 Å². The summed E-state index contributed by atoms with van der Waals surface area (Å²) < 4.78 is 41.0. The molecule has 2 N–H and O–H groups in total. The Morgan fingerprint density at radius 1 is 1.14 bits per heavy atom. The molecule has 1 saturated heterocycles. The van der Waals surface area contributed by atoms with Crippen molar-refractivity contribution in [2.45, 2.75) is 37.9 Å². The van der Waals surface area contributed by atoms with Crippen molar-refractivity contribution in [1.29, 1.82) is 0 Å². The van der Waals surface area contributed by atoms with E-state index in [-0.39, 0.29) is 11.4 Å². The van der Waals surface area contributed by atoms with Gasteiger partial charge in [0.1, 0.15) is 24.7 Å². The van der Waals surface area contributed by atoms with Gasteiger partial charge in [0.15, 0.2) is 0 Å². The molecule has 1 aromatic heterocycles. The molecule has 1 unspecified atom stereocenters. The Morgan fingerprint density at radius 2 is 1.92 bits per heavy atom. The molecule has 1 aliphatic heterocycles. The van der Waals surface area contributed by atoms with Crippen molar-refractivity contribution in [2.75, 3.05) is 11.9 Å². The first-order valence-corrected chi connectivity index (χ1v) is 11.2. The van der Waals surface area contributed by atoms with Crippen molar-refractivity contribution in [2.24, 2.45) is 0 Å². The molecular formula is C24H21F3N6O3. The van der Waals surface area contributed by atoms with Crippen LogP contribution in [0, 0.1) is 0 Å². The number of imide groups is 1. The van der Waals surface area contributed by atoms with E-state index >= 15 is 0 Å². The van der Waals surface area contributed by atoms with Crippen LogP contribution in [0.4, 0.5) is 23.7 Å². The number of rotatable bonds is 5. The molecule has 2 aromatic carbocycles. The van der Waals surface area contributed by atoms with Crippen LogP contribution in [-0.4, -0.2) is 44.1 Å². The molecule has 12 heteroatoms. The number of benzene rings is 2. The number of hydrogen-bond acceptors (Lipinski definition) is 5. The Balaban J connectivity index is 1.38. The molecule has 1 aliphatic carbocycles. The number of carbonyl (C=O) groups is 3. The Bertz CT molecular complexity index is 1370. The number of amides is 4. The fourth-order valence-corrected chi connectivity index (χ4v) is 4.60. The zero-order valence-electron chi connectivity index (χ0n) is 19.1. The van der Waals surface area contributed by atoms with E-state index < -0.39 is 41.7 Å². The highest BCUT2D eigenvalue weighted by Gasteiger charge is 2.49. The van der Waals surface area contributed by atoms with Crippen LogP contribution >= 0.6 is 0 Å². The number of urea groups is 1. The van der Waals surface area contributed by atoms with Crippen LogP contribution in [0.1, 0.15) is 35.6 Å². The van der Waals surface area contributed by atoms with Crippen LogP contribution in [0.25, 0.3) is 5.69 Å². The van der Waals surface area contributed by atoms with Crippen LogP contribution < -0.4 is 10.6 Å². The average Bonchev–Trinajstić information content (AvgIpc) is 3.56. The number of halogens is 3. The molecule has 2 heterocycles. The third-order valence-electron chi connectivity index (χ3n) is 6.52. The summed E-state index contributed by atoms with van der Waals surface area (Å²) in [6.07, 6.45) is 0.675. The molecule has 1 atom stereocenters. The Kier molecular flexibility index (Phi) is 5.53. The Hall–Kier alpha value is -4.22. The van der Waals surface area contributed by atoms with E-state index in [1.54, 1.807) is 13.0 Å². The molecule has 9 nitrogen and oxygen atoms in total. The summed E-state index contributed by atoms with van der Waals surface area (Å²) in [6.45, 7) is 0.885. The zero-order valence-corrected chi connectivity index (χ0v) is 19.1. The average molecular weight is 498 g/mol. The van der Waals surface area contributed by atoms with E-state index in [1.807, 2.05) is 12.1 Å². The molecule has 4 amide bonds. The maximum absolute atomic E-state index is 13.3. The normalized spacial score (nSPS) is 19.4. The van der Waals surface area contributed by atoms with Gasteiger partial charge in [-0.15, -0.1) is 0 Å². The van der Waals surface area contributed by atoms with Crippen molar-refractivity contribution in [1.82, 2.24) is 25.0 Å². The van der Waals surface area contributed by atoms with Crippen LogP contribution in [-0.2, 0) is 34.1 Å². The Labute approximate surface area is 203 Å². The second-order valence-electron chi connectivity index (χ2n) is 8.90. The van der Waals surface area contributed by atoms with Gasteiger partial charge in [0.05, 0.1) is 16.9 Å². The highest BCUT2D eigenvalue weighted by atomic mass is 19.4. The predicted molar refractivity (Wildman–Crippen MR) is 121 cm³/mol. The number of aryl methyl sites for hydroxylation is 2. The minimum atomic E-state index is -4.65. The van der Waals surface area contributed by atoms with E-state index in [2.05, 4.69) is 20.7 Å². The van der Waals surface area contributed by atoms with Gasteiger partial charge in [0, 0.05) is 0 Å². The molecule has 1 fully saturated rings. The number of aromatic nitrogens is 3. The summed E-state index contributed by atoms with van der Waals surface area (Å²) in [5, 5.41) is 8.93. The molecule has 0 saturated carbocycles. The fraction of sp³-hybridized carbons (Fsp3) is 0.292. The summed E-state index contributed by atoms with van der Waals surface area (Å²) in [6, 6.07) is 7.62. The molecule has 2 aliphatic rings. The number of carbonyl (C=O) groups excluding carboxylic acids is 3. The number of nitrogens with one attached hydrogen (secondary N) is 2.